The average Bonchev–Trinajstić information content (AvgIpc) is 2.79. The summed E-state index contributed by atoms with van der Waals surface area (Å²) in [6, 6.07) is 19.2. The molecule has 3 aromatic rings. The van der Waals surface area contributed by atoms with Crippen LogP contribution in [-0.2, 0) is 13.0 Å². The smallest absolute Gasteiger partial charge is 0.118 e. The molecule has 0 bridgehead atoms. The Kier molecular flexibility index (Phi) is 6.98. The first-order valence-electron chi connectivity index (χ1n) is 11.1. The second-order valence-corrected chi connectivity index (χ2v) is 8.57. The summed E-state index contributed by atoms with van der Waals surface area (Å²) in [5.41, 5.74) is 3.86. The predicted octanol–water partition coefficient (Wildman–Crippen LogP) is 4.63. The fraction of sp³-hybridized carbons (Fsp3) is 0.423. The van der Waals surface area contributed by atoms with Crippen molar-refractivity contribution in [3.05, 3.63) is 71.9 Å². The number of piperidine rings is 1. The van der Waals surface area contributed by atoms with Crippen molar-refractivity contribution in [3.8, 4) is 5.75 Å². The van der Waals surface area contributed by atoms with Crippen molar-refractivity contribution in [2.24, 2.45) is 5.92 Å². The summed E-state index contributed by atoms with van der Waals surface area (Å²) in [5, 5.41) is 1.23. The molecular formula is C26H33N3O. The molecule has 0 atom stereocenters. The van der Waals surface area contributed by atoms with Crippen molar-refractivity contribution in [3.63, 3.8) is 0 Å². The highest BCUT2D eigenvalue weighted by Gasteiger charge is 2.20. The fourth-order valence-corrected chi connectivity index (χ4v) is 4.56. The molecule has 0 amide bonds. The van der Waals surface area contributed by atoms with Crippen LogP contribution in [0.15, 0.2) is 60.8 Å². The molecule has 0 spiro atoms. The van der Waals surface area contributed by atoms with E-state index in [4.69, 9.17) is 4.74 Å². The second kappa shape index (κ2) is 10.1. The van der Waals surface area contributed by atoms with Gasteiger partial charge in [-0.2, -0.15) is 0 Å². The van der Waals surface area contributed by atoms with Gasteiger partial charge in [0.05, 0.1) is 12.6 Å². The van der Waals surface area contributed by atoms with E-state index < -0.39 is 0 Å². The highest BCUT2D eigenvalue weighted by Crippen LogP contribution is 2.21. The number of para-hydroxylation sites is 1. The molecule has 4 heteroatoms. The van der Waals surface area contributed by atoms with Gasteiger partial charge in [-0.25, -0.2) is 0 Å². The number of nitrogens with zero attached hydrogens (tertiary/aromatic N) is 3. The third kappa shape index (κ3) is 5.38. The van der Waals surface area contributed by atoms with Crippen LogP contribution in [-0.4, -0.2) is 55.1 Å². The van der Waals surface area contributed by atoms with E-state index >= 15 is 0 Å². The van der Waals surface area contributed by atoms with Crippen LogP contribution in [0, 0.1) is 5.92 Å². The number of likely N-dealkylation sites (tertiary alicyclic amines) is 1. The largest absolute Gasteiger partial charge is 0.497 e. The van der Waals surface area contributed by atoms with Gasteiger partial charge in [-0.1, -0.05) is 36.4 Å². The Balaban J connectivity index is 1.22. The molecule has 0 radical (unpaired) electrons. The number of hydrogen-bond acceptors (Lipinski definition) is 4. The maximum Gasteiger partial charge on any atom is 0.118 e. The lowest BCUT2D eigenvalue weighted by molar-refractivity contribution is 0.153. The van der Waals surface area contributed by atoms with Crippen molar-refractivity contribution in [2.75, 3.05) is 40.3 Å². The Morgan fingerprint density at radius 3 is 2.57 bits per heavy atom. The van der Waals surface area contributed by atoms with Crippen LogP contribution in [0.4, 0.5) is 0 Å². The molecule has 158 valence electrons. The zero-order valence-corrected chi connectivity index (χ0v) is 18.3. The molecule has 4 nitrogen and oxygen atoms in total. The van der Waals surface area contributed by atoms with Gasteiger partial charge in [-0.15, -0.1) is 0 Å². The van der Waals surface area contributed by atoms with Crippen molar-refractivity contribution in [1.82, 2.24) is 14.8 Å². The molecular weight excluding hydrogens is 370 g/mol. The number of methoxy groups -OCH3 is 1. The average molecular weight is 404 g/mol. The molecule has 0 saturated carbocycles. The first-order valence-corrected chi connectivity index (χ1v) is 11.1. The van der Waals surface area contributed by atoms with Gasteiger partial charge in [0.1, 0.15) is 5.75 Å². The summed E-state index contributed by atoms with van der Waals surface area (Å²) < 4.78 is 5.25. The van der Waals surface area contributed by atoms with Crippen LogP contribution < -0.4 is 4.74 Å². The topological polar surface area (TPSA) is 28.6 Å². The summed E-state index contributed by atoms with van der Waals surface area (Å²) in [6.07, 6.45) is 5.59. The zero-order valence-electron chi connectivity index (χ0n) is 18.3. The van der Waals surface area contributed by atoms with E-state index in [-0.39, 0.29) is 0 Å². The molecule has 4 rings (SSSR count). The van der Waals surface area contributed by atoms with Gasteiger partial charge in [-0.3, -0.25) is 4.98 Å². The van der Waals surface area contributed by atoms with E-state index in [1.165, 1.54) is 42.4 Å². The third-order valence-electron chi connectivity index (χ3n) is 6.31. The monoisotopic (exact) mass is 403 g/mol. The fourth-order valence-electron chi connectivity index (χ4n) is 4.56. The predicted molar refractivity (Wildman–Crippen MR) is 124 cm³/mol. The van der Waals surface area contributed by atoms with Crippen LogP contribution in [0.1, 0.15) is 24.0 Å². The standard InChI is InChI=1S/C26H33N3O/c1-28(20-24-6-3-5-23-7-4-15-27-26(23)24)19-22-13-17-29(18-14-22)16-12-21-8-10-25(30-2)11-9-21/h3-11,15,22H,12-14,16-20H2,1-2H3. The van der Waals surface area contributed by atoms with E-state index in [0.29, 0.717) is 0 Å². The molecule has 0 aliphatic carbocycles. The molecule has 0 unspecified atom stereocenters. The molecule has 1 aliphatic rings. The number of fused-ring (bicyclic) bond motifs is 1. The highest BCUT2D eigenvalue weighted by molar-refractivity contribution is 5.81. The summed E-state index contributed by atoms with van der Waals surface area (Å²) in [7, 11) is 3.97. The summed E-state index contributed by atoms with van der Waals surface area (Å²) in [5.74, 6) is 1.72. The van der Waals surface area contributed by atoms with E-state index in [9.17, 15) is 0 Å². The molecule has 0 N–H and O–H groups in total. The van der Waals surface area contributed by atoms with Crippen molar-refractivity contribution >= 4 is 10.9 Å². The van der Waals surface area contributed by atoms with Crippen LogP contribution in [0.2, 0.25) is 0 Å². The summed E-state index contributed by atoms with van der Waals surface area (Å²) >= 11 is 0. The Morgan fingerprint density at radius 1 is 1.03 bits per heavy atom. The number of aromatic nitrogens is 1. The zero-order chi connectivity index (χ0) is 20.8. The molecule has 2 heterocycles. The summed E-state index contributed by atoms with van der Waals surface area (Å²) in [4.78, 5) is 9.70. The van der Waals surface area contributed by atoms with Crippen molar-refractivity contribution in [2.45, 2.75) is 25.8 Å². The Labute approximate surface area is 180 Å². The van der Waals surface area contributed by atoms with Crippen LogP contribution in [0.5, 0.6) is 5.75 Å². The van der Waals surface area contributed by atoms with Gasteiger partial charge >= 0.3 is 0 Å². The minimum absolute atomic E-state index is 0.787. The minimum atomic E-state index is 0.787. The van der Waals surface area contributed by atoms with Gasteiger partial charge in [0.2, 0.25) is 0 Å². The molecule has 30 heavy (non-hydrogen) atoms. The van der Waals surface area contributed by atoms with Gasteiger partial charge in [0, 0.05) is 31.2 Å². The lowest BCUT2D eigenvalue weighted by atomic mass is 9.95. The Morgan fingerprint density at radius 2 is 1.80 bits per heavy atom. The van der Waals surface area contributed by atoms with Gasteiger partial charge in [0.25, 0.3) is 0 Å². The van der Waals surface area contributed by atoms with Crippen LogP contribution in [0.3, 0.4) is 0 Å². The maximum absolute atomic E-state index is 5.25. The molecule has 1 aromatic heterocycles. The van der Waals surface area contributed by atoms with Gasteiger partial charge < -0.3 is 14.5 Å². The summed E-state index contributed by atoms with van der Waals surface area (Å²) in [6.45, 7) is 5.70. The minimum Gasteiger partial charge on any atom is -0.497 e. The second-order valence-electron chi connectivity index (χ2n) is 8.57. The quantitative estimate of drug-likeness (QED) is 0.548. The highest BCUT2D eigenvalue weighted by atomic mass is 16.5. The van der Waals surface area contributed by atoms with Gasteiger partial charge in [0.15, 0.2) is 0 Å². The van der Waals surface area contributed by atoms with Gasteiger partial charge in [-0.05, 0) is 74.6 Å². The third-order valence-corrected chi connectivity index (χ3v) is 6.31. The number of pyridine rings is 1. The van der Waals surface area contributed by atoms with Crippen molar-refractivity contribution in [1.29, 1.82) is 0 Å². The SMILES string of the molecule is COc1ccc(CCN2CCC(CN(C)Cc3cccc4cccnc34)CC2)cc1. The first kappa shape index (κ1) is 20.8. The lowest BCUT2D eigenvalue weighted by Gasteiger charge is -2.34. The lowest BCUT2D eigenvalue weighted by Crippen LogP contribution is -2.38. The van der Waals surface area contributed by atoms with Crippen LogP contribution in [0.25, 0.3) is 10.9 Å². The molecule has 2 aromatic carbocycles. The first-order chi connectivity index (χ1) is 14.7. The van der Waals surface area contributed by atoms with E-state index in [1.807, 2.05) is 12.3 Å². The number of rotatable bonds is 8. The number of ether oxygens (including phenoxy) is 1. The van der Waals surface area contributed by atoms with Crippen molar-refractivity contribution < 1.29 is 4.74 Å². The van der Waals surface area contributed by atoms with E-state index in [1.54, 1.807) is 7.11 Å². The van der Waals surface area contributed by atoms with E-state index in [2.05, 4.69) is 70.4 Å². The number of benzene rings is 2. The number of hydrogen-bond donors (Lipinski definition) is 0. The molecule has 1 aliphatic heterocycles. The van der Waals surface area contributed by atoms with E-state index in [0.717, 1.165) is 43.2 Å². The molecule has 1 fully saturated rings. The normalized spacial score (nSPS) is 15.7. The Bertz CT molecular complexity index is 927. The Hall–Kier alpha value is -2.43. The molecule has 1 saturated heterocycles. The maximum atomic E-state index is 5.25. The van der Waals surface area contributed by atoms with Crippen LogP contribution >= 0.6 is 0 Å².